The van der Waals surface area contributed by atoms with Crippen LogP contribution >= 0.6 is 0 Å². The van der Waals surface area contributed by atoms with E-state index in [1.807, 2.05) is 6.20 Å². The molecule has 0 spiro atoms. The molecule has 1 aromatic heterocycles. The maximum atomic E-state index is 6.18. The minimum atomic E-state index is -0.179. The Balaban J connectivity index is 2.04. The lowest BCUT2D eigenvalue weighted by molar-refractivity contribution is -0.0619. The molecule has 0 amide bonds. The number of ether oxygens (including phenoxy) is 1. The zero-order valence-electron chi connectivity index (χ0n) is 13.9. The largest absolute Gasteiger partial charge is 0.367 e. The standard InChI is InChI=1S/C17H31N3O/c1-4-21-17(9-7-5-6-8-10-17)16-19-13-15(20-16)12-18-11-14(2)3/h13-14,18H,4-12H2,1-3H3,(H,19,20). The summed E-state index contributed by atoms with van der Waals surface area (Å²) in [4.78, 5) is 8.16. The lowest BCUT2D eigenvalue weighted by Crippen LogP contribution is -2.31. The third-order valence-corrected chi connectivity index (χ3v) is 4.26. The van der Waals surface area contributed by atoms with E-state index < -0.39 is 0 Å². The van der Waals surface area contributed by atoms with Crippen LogP contribution in [0.5, 0.6) is 0 Å². The Hall–Kier alpha value is -0.870. The van der Waals surface area contributed by atoms with Crippen molar-refractivity contribution in [1.82, 2.24) is 15.3 Å². The predicted octanol–water partition coefficient (Wildman–Crippen LogP) is 3.74. The molecule has 21 heavy (non-hydrogen) atoms. The highest BCUT2D eigenvalue weighted by Crippen LogP contribution is 2.37. The fourth-order valence-electron chi connectivity index (χ4n) is 3.20. The lowest BCUT2D eigenvalue weighted by atomic mass is 9.93. The number of aromatic amines is 1. The molecular formula is C17H31N3O. The first-order valence-electron chi connectivity index (χ1n) is 8.55. The zero-order valence-corrected chi connectivity index (χ0v) is 13.9. The Morgan fingerprint density at radius 2 is 2.00 bits per heavy atom. The molecule has 1 fully saturated rings. The van der Waals surface area contributed by atoms with Gasteiger partial charge in [0, 0.05) is 25.0 Å². The highest BCUT2D eigenvalue weighted by molar-refractivity contribution is 5.10. The summed E-state index contributed by atoms with van der Waals surface area (Å²) in [6.45, 7) is 9.17. The second kappa shape index (κ2) is 7.95. The number of H-pyrrole nitrogens is 1. The molecule has 120 valence electrons. The molecule has 1 saturated carbocycles. The van der Waals surface area contributed by atoms with Crippen molar-refractivity contribution in [3.8, 4) is 0 Å². The van der Waals surface area contributed by atoms with Gasteiger partial charge in [0.1, 0.15) is 11.4 Å². The molecule has 2 N–H and O–H groups in total. The first-order chi connectivity index (χ1) is 10.2. The fraction of sp³-hybridized carbons (Fsp3) is 0.824. The van der Waals surface area contributed by atoms with Gasteiger partial charge < -0.3 is 15.0 Å². The predicted molar refractivity (Wildman–Crippen MR) is 86.1 cm³/mol. The van der Waals surface area contributed by atoms with Crippen LogP contribution in [0.2, 0.25) is 0 Å². The van der Waals surface area contributed by atoms with E-state index in [1.165, 1.54) is 25.7 Å². The minimum Gasteiger partial charge on any atom is -0.367 e. The lowest BCUT2D eigenvalue weighted by Gasteiger charge is -2.30. The van der Waals surface area contributed by atoms with Gasteiger partial charge in [-0.2, -0.15) is 0 Å². The van der Waals surface area contributed by atoms with Gasteiger partial charge >= 0.3 is 0 Å². The summed E-state index contributed by atoms with van der Waals surface area (Å²) in [7, 11) is 0. The summed E-state index contributed by atoms with van der Waals surface area (Å²) in [6.07, 6.45) is 9.26. The number of aromatic nitrogens is 2. The quantitative estimate of drug-likeness (QED) is 0.753. The van der Waals surface area contributed by atoms with Gasteiger partial charge in [-0.15, -0.1) is 0 Å². The number of hydrogen-bond donors (Lipinski definition) is 2. The van der Waals surface area contributed by atoms with Crippen LogP contribution in [0.4, 0.5) is 0 Å². The third kappa shape index (κ3) is 4.55. The molecule has 4 heteroatoms. The number of rotatable bonds is 7. The number of nitrogens with zero attached hydrogens (tertiary/aromatic N) is 1. The van der Waals surface area contributed by atoms with Gasteiger partial charge in [0.05, 0.1) is 0 Å². The van der Waals surface area contributed by atoms with Crippen LogP contribution < -0.4 is 5.32 Å². The zero-order chi connectivity index (χ0) is 15.1. The van der Waals surface area contributed by atoms with Gasteiger partial charge in [0.2, 0.25) is 0 Å². The van der Waals surface area contributed by atoms with Crippen molar-refractivity contribution in [1.29, 1.82) is 0 Å². The summed E-state index contributed by atoms with van der Waals surface area (Å²) < 4.78 is 6.18. The summed E-state index contributed by atoms with van der Waals surface area (Å²) in [5, 5.41) is 3.46. The first kappa shape index (κ1) is 16.5. The van der Waals surface area contributed by atoms with E-state index in [-0.39, 0.29) is 5.60 Å². The van der Waals surface area contributed by atoms with Crippen LogP contribution in [0.1, 0.15) is 70.8 Å². The van der Waals surface area contributed by atoms with Gasteiger partial charge in [0.15, 0.2) is 0 Å². The Labute approximate surface area is 129 Å². The van der Waals surface area contributed by atoms with Crippen molar-refractivity contribution in [2.45, 2.75) is 71.4 Å². The van der Waals surface area contributed by atoms with Gasteiger partial charge in [-0.3, -0.25) is 0 Å². The van der Waals surface area contributed by atoms with Crippen molar-refractivity contribution in [3.05, 3.63) is 17.7 Å². The highest BCUT2D eigenvalue weighted by Gasteiger charge is 2.36. The second-order valence-corrected chi connectivity index (χ2v) is 6.62. The van der Waals surface area contributed by atoms with Crippen LogP contribution in [0.15, 0.2) is 6.20 Å². The first-order valence-corrected chi connectivity index (χ1v) is 8.55. The van der Waals surface area contributed by atoms with Crippen molar-refractivity contribution in [2.75, 3.05) is 13.2 Å². The smallest absolute Gasteiger partial charge is 0.138 e. The van der Waals surface area contributed by atoms with E-state index in [0.29, 0.717) is 5.92 Å². The van der Waals surface area contributed by atoms with Gasteiger partial charge in [0.25, 0.3) is 0 Å². The molecule has 1 aromatic rings. The summed E-state index contributed by atoms with van der Waals surface area (Å²) >= 11 is 0. The molecular weight excluding hydrogens is 262 g/mol. The van der Waals surface area contributed by atoms with E-state index in [2.05, 4.69) is 36.1 Å². The van der Waals surface area contributed by atoms with Crippen LogP contribution in [0, 0.1) is 5.92 Å². The third-order valence-electron chi connectivity index (χ3n) is 4.26. The number of nitrogens with one attached hydrogen (secondary N) is 2. The van der Waals surface area contributed by atoms with Crippen LogP contribution in [-0.2, 0) is 16.9 Å². The van der Waals surface area contributed by atoms with Crippen molar-refractivity contribution >= 4 is 0 Å². The molecule has 0 bridgehead atoms. The molecule has 4 nitrogen and oxygen atoms in total. The monoisotopic (exact) mass is 293 g/mol. The average molecular weight is 293 g/mol. The molecule has 0 atom stereocenters. The van der Waals surface area contributed by atoms with E-state index >= 15 is 0 Å². The molecule has 0 saturated heterocycles. The molecule has 0 radical (unpaired) electrons. The molecule has 1 aliphatic carbocycles. The van der Waals surface area contributed by atoms with Crippen molar-refractivity contribution in [3.63, 3.8) is 0 Å². The number of imidazole rings is 1. The fourth-order valence-corrected chi connectivity index (χ4v) is 3.20. The number of hydrogen-bond acceptors (Lipinski definition) is 3. The average Bonchev–Trinajstić information content (AvgIpc) is 2.79. The minimum absolute atomic E-state index is 0.179. The van der Waals surface area contributed by atoms with E-state index in [1.54, 1.807) is 0 Å². The normalized spacial score (nSPS) is 18.9. The van der Waals surface area contributed by atoms with Gasteiger partial charge in [-0.25, -0.2) is 4.98 Å². The summed E-state index contributed by atoms with van der Waals surface area (Å²) in [6, 6.07) is 0. The maximum Gasteiger partial charge on any atom is 0.138 e. The van der Waals surface area contributed by atoms with Crippen LogP contribution in [-0.4, -0.2) is 23.1 Å². The molecule has 2 rings (SSSR count). The molecule has 0 unspecified atom stereocenters. The molecule has 0 aliphatic heterocycles. The highest BCUT2D eigenvalue weighted by atomic mass is 16.5. The Morgan fingerprint density at radius 3 is 2.62 bits per heavy atom. The van der Waals surface area contributed by atoms with E-state index in [4.69, 9.17) is 4.74 Å². The topological polar surface area (TPSA) is 49.9 Å². The van der Waals surface area contributed by atoms with Gasteiger partial charge in [-0.05, 0) is 32.2 Å². The molecule has 1 heterocycles. The Kier molecular flexibility index (Phi) is 6.24. The SMILES string of the molecule is CCOC1(c2ncc(CNCC(C)C)[nH]2)CCCCCC1. The van der Waals surface area contributed by atoms with Gasteiger partial charge in [-0.1, -0.05) is 39.5 Å². The van der Waals surface area contributed by atoms with Crippen molar-refractivity contribution < 1.29 is 4.74 Å². The summed E-state index contributed by atoms with van der Waals surface area (Å²) in [5.41, 5.74) is 0.982. The van der Waals surface area contributed by atoms with Crippen LogP contribution in [0.3, 0.4) is 0 Å². The van der Waals surface area contributed by atoms with E-state index in [9.17, 15) is 0 Å². The molecule has 1 aliphatic rings. The van der Waals surface area contributed by atoms with Crippen molar-refractivity contribution in [2.24, 2.45) is 5.92 Å². The second-order valence-electron chi connectivity index (χ2n) is 6.62. The Bertz CT molecular complexity index is 406. The maximum absolute atomic E-state index is 6.18. The van der Waals surface area contributed by atoms with E-state index in [0.717, 1.165) is 44.1 Å². The molecule has 0 aromatic carbocycles. The Morgan fingerprint density at radius 1 is 1.29 bits per heavy atom. The van der Waals surface area contributed by atoms with Crippen LogP contribution in [0.25, 0.3) is 0 Å². The summed E-state index contributed by atoms with van der Waals surface area (Å²) in [5.74, 6) is 1.71.